The zero-order valence-corrected chi connectivity index (χ0v) is 15.5. The number of aromatic nitrogens is 1. The zero-order chi connectivity index (χ0) is 17.1. The van der Waals surface area contributed by atoms with E-state index < -0.39 is 0 Å². The Kier molecular flexibility index (Phi) is 4.86. The molecule has 1 heterocycles. The lowest BCUT2D eigenvalue weighted by Gasteiger charge is -2.09. The second-order valence-electron chi connectivity index (χ2n) is 5.59. The van der Waals surface area contributed by atoms with Crippen LogP contribution in [0.4, 0.5) is 5.69 Å². The first-order chi connectivity index (χ1) is 11.6. The normalized spacial score (nSPS) is 11.2. The Labute approximate surface area is 150 Å². The second kappa shape index (κ2) is 7.05. The summed E-state index contributed by atoms with van der Waals surface area (Å²) in [6, 6.07) is 18.2. The highest BCUT2D eigenvalue weighted by Gasteiger charge is 2.09. The van der Waals surface area contributed by atoms with Crippen LogP contribution in [0.5, 0.6) is 5.75 Å². The zero-order valence-electron chi connectivity index (χ0n) is 14.0. The fraction of sp³-hybridized carbons (Fsp3) is 0.150. The smallest absolute Gasteiger partial charge is 0.119 e. The summed E-state index contributed by atoms with van der Waals surface area (Å²) < 4.78 is 8.49. The Hall–Kier alpha value is -2.33. The highest BCUT2D eigenvalue weighted by molar-refractivity contribution is 9.10. The second-order valence-corrected chi connectivity index (χ2v) is 6.51. The number of rotatable bonds is 4. The molecule has 2 aromatic carbocycles. The first-order valence-electron chi connectivity index (χ1n) is 7.71. The van der Waals surface area contributed by atoms with E-state index in [1.54, 1.807) is 7.11 Å². The average Bonchev–Trinajstić information content (AvgIpc) is 2.88. The Morgan fingerprint density at radius 1 is 1.00 bits per heavy atom. The summed E-state index contributed by atoms with van der Waals surface area (Å²) in [4.78, 5) is 4.57. The van der Waals surface area contributed by atoms with Crippen molar-refractivity contribution in [2.24, 2.45) is 4.99 Å². The predicted molar refractivity (Wildman–Crippen MR) is 103 cm³/mol. The van der Waals surface area contributed by atoms with Gasteiger partial charge in [-0.25, -0.2) is 0 Å². The Bertz CT molecular complexity index is 862. The molecule has 0 atom stereocenters. The van der Waals surface area contributed by atoms with Crippen LogP contribution in [0.1, 0.15) is 17.0 Å². The molecule has 24 heavy (non-hydrogen) atoms. The molecule has 0 aliphatic heterocycles. The summed E-state index contributed by atoms with van der Waals surface area (Å²) in [6.45, 7) is 4.23. The molecule has 0 N–H and O–H groups in total. The average molecular weight is 383 g/mol. The minimum Gasteiger partial charge on any atom is -0.497 e. The number of aryl methyl sites for hydroxylation is 1. The lowest BCUT2D eigenvalue weighted by molar-refractivity contribution is 0.415. The van der Waals surface area contributed by atoms with Crippen LogP contribution in [-0.2, 0) is 0 Å². The molecule has 0 spiro atoms. The topological polar surface area (TPSA) is 26.5 Å². The molecule has 0 amide bonds. The van der Waals surface area contributed by atoms with E-state index >= 15 is 0 Å². The SMILES string of the molecule is COc1ccc(N=Cc2cc(C)n(-c3ccc(Br)cc3)c2C)cc1. The van der Waals surface area contributed by atoms with Crippen LogP contribution in [0.15, 0.2) is 64.1 Å². The highest BCUT2D eigenvalue weighted by Crippen LogP contribution is 2.23. The molecule has 0 saturated carbocycles. The number of aliphatic imine (C=N–C) groups is 1. The van der Waals surface area contributed by atoms with Crippen molar-refractivity contribution in [3.05, 3.63) is 76.0 Å². The van der Waals surface area contributed by atoms with Gasteiger partial charge in [0.15, 0.2) is 0 Å². The third-order valence-electron chi connectivity index (χ3n) is 3.98. The number of nitrogens with zero attached hydrogens (tertiary/aromatic N) is 2. The minimum atomic E-state index is 0.836. The van der Waals surface area contributed by atoms with Gasteiger partial charge in [0, 0.05) is 33.3 Å². The van der Waals surface area contributed by atoms with Gasteiger partial charge in [0.05, 0.1) is 12.8 Å². The highest BCUT2D eigenvalue weighted by atomic mass is 79.9. The first-order valence-corrected chi connectivity index (χ1v) is 8.51. The van der Waals surface area contributed by atoms with Crippen LogP contribution in [0.3, 0.4) is 0 Å². The molecule has 3 rings (SSSR count). The molecule has 0 saturated heterocycles. The summed E-state index contributed by atoms with van der Waals surface area (Å²) in [5, 5.41) is 0. The van der Waals surface area contributed by atoms with Crippen LogP contribution < -0.4 is 4.74 Å². The van der Waals surface area contributed by atoms with Crippen molar-refractivity contribution in [3.63, 3.8) is 0 Å². The number of halogens is 1. The van der Waals surface area contributed by atoms with Crippen molar-refractivity contribution in [3.8, 4) is 11.4 Å². The van der Waals surface area contributed by atoms with Gasteiger partial charge in [0.1, 0.15) is 5.75 Å². The van der Waals surface area contributed by atoms with Gasteiger partial charge >= 0.3 is 0 Å². The molecule has 0 fully saturated rings. The van der Waals surface area contributed by atoms with E-state index in [0.29, 0.717) is 0 Å². The number of hydrogen-bond donors (Lipinski definition) is 0. The van der Waals surface area contributed by atoms with Gasteiger partial charge in [-0.2, -0.15) is 0 Å². The molecule has 3 aromatic rings. The molecule has 0 unspecified atom stereocenters. The monoisotopic (exact) mass is 382 g/mol. The Balaban J connectivity index is 1.90. The van der Waals surface area contributed by atoms with E-state index in [2.05, 4.69) is 69.7 Å². The van der Waals surface area contributed by atoms with E-state index in [4.69, 9.17) is 4.74 Å². The summed E-state index contributed by atoms with van der Waals surface area (Å²) in [5.74, 6) is 0.836. The molecule has 0 aliphatic rings. The van der Waals surface area contributed by atoms with E-state index in [1.165, 1.54) is 11.4 Å². The number of ether oxygens (including phenoxy) is 1. The van der Waals surface area contributed by atoms with Gasteiger partial charge in [0.25, 0.3) is 0 Å². The Morgan fingerprint density at radius 2 is 1.67 bits per heavy atom. The largest absolute Gasteiger partial charge is 0.497 e. The van der Waals surface area contributed by atoms with Gasteiger partial charge in [0.2, 0.25) is 0 Å². The van der Waals surface area contributed by atoms with E-state index in [9.17, 15) is 0 Å². The third kappa shape index (κ3) is 3.44. The van der Waals surface area contributed by atoms with Crippen molar-refractivity contribution in [1.29, 1.82) is 0 Å². The van der Waals surface area contributed by atoms with Gasteiger partial charge in [-0.1, -0.05) is 15.9 Å². The Morgan fingerprint density at radius 3 is 2.29 bits per heavy atom. The van der Waals surface area contributed by atoms with Crippen molar-refractivity contribution in [2.45, 2.75) is 13.8 Å². The van der Waals surface area contributed by atoms with Crippen LogP contribution in [0, 0.1) is 13.8 Å². The summed E-state index contributed by atoms with van der Waals surface area (Å²) in [6.07, 6.45) is 1.92. The van der Waals surface area contributed by atoms with Crippen LogP contribution >= 0.6 is 15.9 Å². The first kappa shape index (κ1) is 16.5. The van der Waals surface area contributed by atoms with Gasteiger partial charge in [-0.15, -0.1) is 0 Å². The molecule has 0 radical (unpaired) electrons. The molecule has 0 aliphatic carbocycles. The fourth-order valence-corrected chi connectivity index (χ4v) is 2.98. The molecular weight excluding hydrogens is 364 g/mol. The maximum Gasteiger partial charge on any atom is 0.119 e. The van der Waals surface area contributed by atoms with E-state index in [-0.39, 0.29) is 0 Å². The molecule has 3 nitrogen and oxygen atoms in total. The lowest BCUT2D eigenvalue weighted by atomic mass is 10.2. The van der Waals surface area contributed by atoms with Crippen molar-refractivity contribution < 1.29 is 4.74 Å². The molecule has 4 heteroatoms. The maximum atomic E-state index is 5.17. The van der Waals surface area contributed by atoms with Crippen LogP contribution in [0.25, 0.3) is 5.69 Å². The summed E-state index contributed by atoms with van der Waals surface area (Å²) in [5.41, 5.74) is 5.53. The number of benzene rings is 2. The minimum absolute atomic E-state index is 0.836. The third-order valence-corrected chi connectivity index (χ3v) is 4.51. The summed E-state index contributed by atoms with van der Waals surface area (Å²) >= 11 is 3.48. The van der Waals surface area contributed by atoms with Crippen molar-refractivity contribution >= 4 is 27.8 Å². The standard InChI is InChI=1S/C20H19BrN2O/c1-14-12-16(13-22-18-6-10-20(24-3)11-7-18)15(2)23(14)19-8-4-17(21)5-9-19/h4-13H,1-3H3. The molecule has 1 aromatic heterocycles. The van der Waals surface area contributed by atoms with Gasteiger partial charge < -0.3 is 9.30 Å². The molecule has 122 valence electrons. The van der Waals surface area contributed by atoms with E-state index in [0.717, 1.165) is 27.2 Å². The van der Waals surface area contributed by atoms with Crippen LogP contribution in [0.2, 0.25) is 0 Å². The molecular formula is C20H19BrN2O. The fourth-order valence-electron chi connectivity index (χ4n) is 2.72. The van der Waals surface area contributed by atoms with E-state index in [1.807, 2.05) is 30.5 Å². The predicted octanol–water partition coefficient (Wildman–Crippen LogP) is 5.62. The number of methoxy groups -OCH3 is 1. The maximum absolute atomic E-state index is 5.17. The molecule has 0 bridgehead atoms. The van der Waals surface area contributed by atoms with Gasteiger partial charge in [-0.3, -0.25) is 4.99 Å². The van der Waals surface area contributed by atoms with Gasteiger partial charge in [-0.05, 0) is 68.4 Å². The van der Waals surface area contributed by atoms with Crippen LogP contribution in [-0.4, -0.2) is 17.9 Å². The number of hydrogen-bond acceptors (Lipinski definition) is 2. The van der Waals surface area contributed by atoms with Crippen molar-refractivity contribution in [1.82, 2.24) is 4.57 Å². The lowest BCUT2D eigenvalue weighted by Crippen LogP contribution is -1.99. The van der Waals surface area contributed by atoms with Crippen molar-refractivity contribution in [2.75, 3.05) is 7.11 Å². The summed E-state index contributed by atoms with van der Waals surface area (Å²) in [7, 11) is 1.66. The quantitative estimate of drug-likeness (QED) is 0.538.